The highest BCUT2D eigenvalue weighted by Gasteiger charge is 2.36. The third kappa shape index (κ3) is 3.96. The van der Waals surface area contributed by atoms with E-state index in [1.165, 1.54) is 32.4 Å². The van der Waals surface area contributed by atoms with Crippen molar-refractivity contribution in [1.29, 1.82) is 0 Å². The van der Waals surface area contributed by atoms with E-state index < -0.39 is 0 Å². The molecule has 0 heterocycles. The van der Waals surface area contributed by atoms with Crippen molar-refractivity contribution in [2.75, 3.05) is 20.1 Å². The quantitative estimate of drug-likeness (QED) is 0.782. The van der Waals surface area contributed by atoms with Gasteiger partial charge in [0.1, 0.15) is 0 Å². The average molecular weight is 254 g/mol. The van der Waals surface area contributed by atoms with E-state index in [-0.39, 0.29) is 0 Å². The van der Waals surface area contributed by atoms with Gasteiger partial charge >= 0.3 is 0 Å². The number of rotatable bonds is 6. The highest BCUT2D eigenvalue weighted by molar-refractivity contribution is 4.93. The van der Waals surface area contributed by atoms with Gasteiger partial charge in [-0.2, -0.15) is 0 Å². The van der Waals surface area contributed by atoms with Gasteiger partial charge in [-0.1, -0.05) is 41.0 Å². The molecule has 0 amide bonds. The molecule has 2 nitrogen and oxygen atoms in total. The summed E-state index contributed by atoms with van der Waals surface area (Å²) in [7, 11) is 2.14. The number of likely N-dealkylation sites (N-methyl/N-ethyl adjacent to an activating group) is 2. The molecule has 0 aromatic carbocycles. The van der Waals surface area contributed by atoms with Crippen LogP contribution in [-0.2, 0) is 0 Å². The molecule has 1 N–H and O–H groups in total. The maximum absolute atomic E-state index is 3.58. The van der Waals surface area contributed by atoms with Crippen LogP contribution in [0.4, 0.5) is 0 Å². The second kappa shape index (κ2) is 7.49. The van der Waals surface area contributed by atoms with E-state index in [4.69, 9.17) is 0 Å². The van der Waals surface area contributed by atoms with Crippen molar-refractivity contribution in [3.8, 4) is 0 Å². The van der Waals surface area contributed by atoms with Gasteiger partial charge in [0.05, 0.1) is 0 Å². The summed E-state index contributed by atoms with van der Waals surface area (Å²) in [6.45, 7) is 14.3. The fraction of sp³-hybridized carbons (Fsp3) is 1.00. The van der Waals surface area contributed by atoms with Gasteiger partial charge in [-0.15, -0.1) is 0 Å². The fourth-order valence-electron chi connectivity index (χ4n) is 3.73. The zero-order chi connectivity index (χ0) is 13.7. The second-order valence-corrected chi connectivity index (χ2v) is 6.54. The summed E-state index contributed by atoms with van der Waals surface area (Å²) in [5, 5.41) is 3.58. The zero-order valence-electron chi connectivity index (χ0n) is 13.4. The molecule has 1 aliphatic rings. The lowest BCUT2D eigenvalue weighted by Gasteiger charge is -2.46. The predicted octanol–water partition coefficient (Wildman–Crippen LogP) is 3.38. The van der Waals surface area contributed by atoms with Crippen LogP contribution in [0.15, 0.2) is 0 Å². The Labute approximate surface area is 115 Å². The van der Waals surface area contributed by atoms with Crippen molar-refractivity contribution in [3.05, 3.63) is 0 Å². The minimum Gasteiger partial charge on any atom is -0.315 e. The number of nitrogens with zero attached hydrogens (tertiary/aromatic N) is 1. The molecular weight excluding hydrogens is 220 g/mol. The lowest BCUT2D eigenvalue weighted by atomic mass is 9.75. The van der Waals surface area contributed by atoms with Crippen molar-refractivity contribution in [3.63, 3.8) is 0 Å². The number of hydrogen-bond donors (Lipinski definition) is 1. The van der Waals surface area contributed by atoms with Crippen molar-refractivity contribution >= 4 is 0 Å². The molecule has 18 heavy (non-hydrogen) atoms. The van der Waals surface area contributed by atoms with E-state index in [1.807, 2.05) is 0 Å². The van der Waals surface area contributed by atoms with E-state index in [0.29, 0.717) is 6.04 Å². The highest BCUT2D eigenvalue weighted by Crippen LogP contribution is 2.32. The minimum atomic E-state index is 0.674. The Morgan fingerprint density at radius 3 is 2.39 bits per heavy atom. The van der Waals surface area contributed by atoms with Crippen molar-refractivity contribution in [2.45, 2.75) is 66.0 Å². The number of nitrogens with one attached hydrogen (secondary N) is 1. The Morgan fingerprint density at radius 2 is 1.89 bits per heavy atom. The van der Waals surface area contributed by atoms with Crippen LogP contribution < -0.4 is 5.32 Å². The summed E-state index contributed by atoms with van der Waals surface area (Å²) in [5.41, 5.74) is 0. The van der Waals surface area contributed by atoms with Gasteiger partial charge in [-0.25, -0.2) is 0 Å². The topological polar surface area (TPSA) is 15.3 Å². The summed E-state index contributed by atoms with van der Waals surface area (Å²) >= 11 is 0. The molecule has 0 saturated heterocycles. The standard InChI is InChI=1S/C16H34N2/c1-7-12(3)11-18(8-2)16-14(5)9-13(4)10-15(16)17-6/h12-17H,7-11H2,1-6H3. The molecule has 0 aromatic heterocycles. The fourth-order valence-corrected chi connectivity index (χ4v) is 3.73. The van der Waals surface area contributed by atoms with Crippen LogP contribution in [-0.4, -0.2) is 37.1 Å². The molecule has 5 unspecified atom stereocenters. The van der Waals surface area contributed by atoms with Gasteiger partial charge in [0.2, 0.25) is 0 Å². The molecule has 1 aliphatic carbocycles. The molecule has 5 atom stereocenters. The normalized spacial score (nSPS) is 34.8. The molecule has 1 saturated carbocycles. The highest BCUT2D eigenvalue weighted by atomic mass is 15.2. The summed E-state index contributed by atoms with van der Waals surface area (Å²) in [6.07, 6.45) is 4.01. The molecule has 0 aliphatic heterocycles. The molecule has 1 rings (SSSR count). The summed E-state index contributed by atoms with van der Waals surface area (Å²) in [5.74, 6) is 2.50. The molecule has 1 fully saturated rings. The van der Waals surface area contributed by atoms with Gasteiger partial charge in [-0.05, 0) is 44.2 Å². The van der Waals surface area contributed by atoms with Crippen LogP contribution in [0.25, 0.3) is 0 Å². The van der Waals surface area contributed by atoms with Gasteiger partial charge < -0.3 is 5.32 Å². The lowest BCUT2D eigenvalue weighted by molar-refractivity contribution is 0.0574. The predicted molar refractivity (Wildman–Crippen MR) is 80.9 cm³/mol. The Kier molecular flexibility index (Phi) is 6.65. The van der Waals surface area contributed by atoms with Crippen LogP contribution in [0.1, 0.15) is 53.9 Å². The lowest BCUT2D eigenvalue weighted by Crippen LogP contribution is -2.56. The number of hydrogen-bond acceptors (Lipinski definition) is 2. The maximum Gasteiger partial charge on any atom is 0.0274 e. The summed E-state index contributed by atoms with van der Waals surface area (Å²) in [6, 6.07) is 1.40. The van der Waals surface area contributed by atoms with Crippen LogP contribution >= 0.6 is 0 Å². The van der Waals surface area contributed by atoms with Crippen molar-refractivity contribution in [1.82, 2.24) is 10.2 Å². The smallest absolute Gasteiger partial charge is 0.0274 e. The van der Waals surface area contributed by atoms with E-state index in [2.05, 4.69) is 51.9 Å². The third-order valence-corrected chi connectivity index (χ3v) is 4.87. The van der Waals surface area contributed by atoms with E-state index in [9.17, 15) is 0 Å². The Hall–Kier alpha value is -0.0800. The van der Waals surface area contributed by atoms with Gasteiger partial charge in [-0.3, -0.25) is 4.90 Å². The first-order valence-corrected chi connectivity index (χ1v) is 7.94. The van der Waals surface area contributed by atoms with E-state index in [0.717, 1.165) is 23.8 Å². The van der Waals surface area contributed by atoms with Gasteiger partial charge in [0.25, 0.3) is 0 Å². The Bertz CT molecular complexity index is 229. The first-order valence-electron chi connectivity index (χ1n) is 7.94. The molecule has 0 radical (unpaired) electrons. The van der Waals surface area contributed by atoms with E-state index in [1.54, 1.807) is 0 Å². The Balaban J connectivity index is 2.73. The van der Waals surface area contributed by atoms with Crippen LogP contribution in [0.3, 0.4) is 0 Å². The first kappa shape index (κ1) is 16.0. The summed E-state index contributed by atoms with van der Waals surface area (Å²) < 4.78 is 0. The van der Waals surface area contributed by atoms with Gasteiger partial charge in [0, 0.05) is 18.6 Å². The van der Waals surface area contributed by atoms with Crippen LogP contribution in [0, 0.1) is 17.8 Å². The molecular formula is C16H34N2. The monoisotopic (exact) mass is 254 g/mol. The SMILES string of the molecule is CCC(C)CN(CC)C1C(C)CC(C)CC1NC. The Morgan fingerprint density at radius 1 is 1.22 bits per heavy atom. The van der Waals surface area contributed by atoms with Crippen LogP contribution in [0.2, 0.25) is 0 Å². The summed E-state index contributed by atoms with van der Waals surface area (Å²) in [4.78, 5) is 2.73. The molecule has 0 aromatic rings. The zero-order valence-corrected chi connectivity index (χ0v) is 13.4. The maximum atomic E-state index is 3.58. The van der Waals surface area contributed by atoms with Crippen molar-refractivity contribution < 1.29 is 0 Å². The first-order chi connectivity index (χ1) is 8.53. The average Bonchev–Trinajstić information content (AvgIpc) is 2.35. The molecule has 0 spiro atoms. The van der Waals surface area contributed by atoms with Crippen LogP contribution in [0.5, 0.6) is 0 Å². The van der Waals surface area contributed by atoms with Crippen molar-refractivity contribution in [2.24, 2.45) is 17.8 Å². The van der Waals surface area contributed by atoms with E-state index >= 15 is 0 Å². The second-order valence-electron chi connectivity index (χ2n) is 6.54. The minimum absolute atomic E-state index is 0.674. The molecule has 108 valence electrons. The van der Waals surface area contributed by atoms with Gasteiger partial charge in [0.15, 0.2) is 0 Å². The molecule has 0 bridgehead atoms. The molecule has 2 heteroatoms. The third-order valence-electron chi connectivity index (χ3n) is 4.87. The largest absolute Gasteiger partial charge is 0.315 e.